The molecular formula is C13H21N5O3S. The fourth-order valence-electron chi connectivity index (χ4n) is 2.32. The molecule has 0 spiro atoms. The minimum absolute atomic E-state index is 0.00863. The van der Waals surface area contributed by atoms with Gasteiger partial charge in [-0.1, -0.05) is 11.3 Å². The number of amides is 2. The maximum absolute atomic E-state index is 12.1. The lowest BCUT2D eigenvalue weighted by atomic mass is 9.96. The van der Waals surface area contributed by atoms with E-state index in [-0.39, 0.29) is 24.3 Å². The highest BCUT2D eigenvalue weighted by atomic mass is 32.1. The Labute approximate surface area is 133 Å². The summed E-state index contributed by atoms with van der Waals surface area (Å²) in [5.41, 5.74) is 5.49. The van der Waals surface area contributed by atoms with Gasteiger partial charge in [0, 0.05) is 25.6 Å². The molecule has 2 amide bonds. The number of nitrogens with zero attached hydrogens (tertiary/aromatic N) is 3. The summed E-state index contributed by atoms with van der Waals surface area (Å²) in [6, 6.07) is 0. The monoisotopic (exact) mass is 327 g/mol. The first-order valence-electron chi connectivity index (χ1n) is 7.31. The van der Waals surface area contributed by atoms with Gasteiger partial charge in [0.1, 0.15) is 11.6 Å². The molecule has 0 radical (unpaired) electrons. The molecule has 0 aromatic carbocycles. The van der Waals surface area contributed by atoms with Gasteiger partial charge in [0.15, 0.2) is 0 Å². The van der Waals surface area contributed by atoms with Crippen LogP contribution in [0, 0.1) is 5.92 Å². The zero-order valence-corrected chi connectivity index (χ0v) is 13.4. The Morgan fingerprint density at radius 1 is 1.41 bits per heavy atom. The van der Waals surface area contributed by atoms with E-state index in [1.807, 2.05) is 6.92 Å². The van der Waals surface area contributed by atoms with E-state index in [0.29, 0.717) is 49.2 Å². The van der Waals surface area contributed by atoms with Crippen LogP contribution in [0.3, 0.4) is 0 Å². The van der Waals surface area contributed by atoms with Crippen molar-refractivity contribution in [3.05, 3.63) is 5.01 Å². The summed E-state index contributed by atoms with van der Waals surface area (Å²) >= 11 is 1.26. The number of carbonyl (C=O) groups excluding carboxylic acids is 2. The standard InChI is InChI=1S/C13H21N5O3S/c1-2-21-8-11(19)18-5-3-9(4-6-18)12(20)15-7-10-16-17-13(14)22-10/h9H,2-8H2,1H3,(H2,14,17)(H,15,20). The highest BCUT2D eigenvalue weighted by Gasteiger charge is 2.27. The number of hydrogen-bond acceptors (Lipinski definition) is 7. The van der Waals surface area contributed by atoms with E-state index < -0.39 is 0 Å². The normalized spacial score (nSPS) is 15.8. The predicted molar refractivity (Wildman–Crippen MR) is 82.0 cm³/mol. The van der Waals surface area contributed by atoms with Crippen LogP contribution in [-0.4, -0.2) is 53.2 Å². The second-order valence-electron chi connectivity index (χ2n) is 5.04. The molecule has 122 valence electrons. The van der Waals surface area contributed by atoms with Crippen molar-refractivity contribution >= 4 is 28.3 Å². The summed E-state index contributed by atoms with van der Waals surface area (Å²) in [6.45, 7) is 4.03. The first-order valence-corrected chi connectivity index (χ1v) is 8.13. The Hall–Kier alpha value is -1.74. The molecule has 2 heterocycles. The number of rotatable bonds is 6. The van der Waals surface area contributed by atoms with Crippen LogP contribution in [0.15, 0.2) is 0 Å². The molecule has 1 saturated heterocycles. The van der Waals surface area contributed by atoms with Gasteiger partial charge in [0.25, 0.3) is 0 Å². The zero-order valence-electron chi connectivity index (χ0n) is 12.6. The van der Waals surface area contributed by atoms with Gasteiger partial charge in [0.05, 0.1) is 6.54 Å². The highest BCUT2D eigenvalue weighted by Crippen LogP contribution is 2.18. The maximum Gasteiger partial charge on any atom is 0.248 e. The molecular weight excluding hydrogens is 306 g/mol. The fourth-order valence-corrected chi connectivity index (χ4v) is 2.87. The highest BCUT2D eigenvalue weighted by molar-refractivity contribution is 7.15. The summed E-state index contributed by atoms with van der Waals surface area (Å²) in [7, 11) is 0. The molecule has 1 aromatic heterocycles. The van der Waals surface area contributed by atoms with Gasteiger partial charge in [-0.05, 0) is 19.8 Å². The molecule has 1 aliphatic heterocycles. The Morgan fingerprint density at radius 2 is 2.14 bits per heavy atom. The van der Waals surface area contributed by atoms with Crippen LogP contribution in [-0.2, 0) is 20.9 Å². The van der Waals surface area contributed by atoms with E-state index in [9.17, 15) is 9.59 Å². The van der Waals surface area contributed by atoms with Crippen LogP contribution in [0.4, 0.5) is 5.13 Å². The van der Waals surface area contributed by atoms with E-state index in [1.165, 1.54) is 11.3 Å². The number of hydrogen-bond donors (Lipinski definition) is 2. The van der Waals surface area contributed by atoms with E-state index in [4.69, 9.17) is 10.5 Å². The molecule has 0 atom stereocenters. The van der Waals surface area contributed by atoms with Gasteiger partial charge in [-0.2, -0.15) is 0 Å². The number of nitrogens with one attached hydrogen (secondary N) is 1. The minimum atomic E-state index is -0.0681. The SMILES string of the molecule is CCOCC(=O)N1CCC(C(=O)NCc2nnc(N)s2)CC1. The second-order valence-corrected chi connectivity index (χ2v) is 6.14. The van der Waals surface area contributed by atoms with Gasteiger partial charge >= 0.3 is 0 Å². The lowest BCUT2D eigenvalue weighted by Gasteiger charge is -2.31. The molecule has 0 unspecified atom stereocenters. The number of aromatic nitrogens is 2. The largest absolute Gasteiger partial charge is 0.374 e. The minimum Gasteiger partial charge on any atom is -0.374 e. The topological polar surface area (TPSA) is 110 Å². The molecule has 0 bridgehead atoms. The molecule has 1 aliphatic rings. The van der Waals surface area contributed by atoms with Crippen LogP contribution >= 0.6 is 11.3 Å². The number of anilines is 1. The van der Waals surface area contributed by atoms with Crippen LogP contribution in [0.1, 0.15) is 24.8 Å². The molecule has 9 heteroatoms. The summed E-state index contributed by atoms with van der Waals surface area (Å²) in [5, 5.41) is 11.5. The van der Waals surface area contributed by atoms with Gasteiger partial charge in [0.2, 0.25) is 16.9 Å². The Balaban J connectivity index is 1.71. The third kappa shape index (κ3) is 4.63. The molecule has 22 heavy (non-hydrogen) atoms. The van der Waals surface area contributed by atoms with Crippen molar-refractivity contribution in [2.24, 2.45) is 5.92 Å². The van der Waals surface area contributed by atoms with E-state index >= 15 is 0 Å². The predicted octanol–water partition coefficient (Wildman–Crippen LogP) is 0.0116. The van der Waals surface area contributed by atoms with E-state index in [0.717, 1.165) is 0 Å². The smallest absolute Gasteiger partial charge is 0.248 e. The van der Waals surface area contributed by atoms with Crippen molar-refractivity contribution in [3.8, 4) is 0 Å². The van der Waals surface area contributed by atoms with Gasteiger partial charge in [-0.15, -0.1) is 10.2 Å². The van der Waals surface area contributed by atoms with Crippen molar-refractivity contribution < 1.29 is 14.3 Å². The van der Waals surface area contributed by atoms with Crippen molar-refractivity contribution in [2.45, 2.75) is 26.3 Å². The number of likely N-dealkylation sites (tertiary alicyclic amines) is 1. The number of ether oxygens (including phenoxy) is 1. The number of carbonyl (C=O) groups is 2. The third-order valence-electron chi connectivity index (χ3n) is 3.54. The number of nitrogen functional groups attached to an aromatic ring is 1. The maximum atomic E-state index is 12.1. The zero-order chi connectivity index (χ0) is 15.9. The lowest BCUT2D eigenvalue weighted by molar-refractivity contribution is -0.139. The quantitative estimate of drug-likeness (QED) is 0.761. The van der Waals surface area contributed by atoms with Crippen molar-refractivity contribution in [2.75, 3.05) is 32.0 Å². The Bertz CT molecular complexity index is 514. The molecule has 1 fully saturated rings. The molecule has 0 saturated carbocycles. The van der Waals surface area contributed by atoms with E-state index in [1.54, 1.807) is 4.90 Å². The summed E-state index contributed by atoms with van der Waals surface area (Å²) in [4.78, 5) is 25.7. The first kappa shape index (κ1) is 16.6. The molecule has 2 rings (SSSR count). The first-order chi connectivity index (χ1) is 10.6. The van der Waals surface area contributed by atoms with Crippen molar-refractivity contribution in [1.82, 2.24) is 20.4 Å². The Kier molecular flexibility index (Phi) is 6.08. The van der Waals surface area contributed by atoms with Crippen molar-refractivity contribution in [1.29, 1.82) is 0 Å². The molecule has 3 N–H and O–H groups in total. The van der Waals surface area contributed by atoms with Crippen LogP contribution in [0.25, 0.3) is 0 Å². The summed E-state index contributed by atoms with van der Waals surface area (Å²) < 4.78 is 5.12. The summed E-state index contributed by atoms with van der Waals surface area (Å²) in [5.74, 6) is -0.0860. The Morgan fingerprint density at radius 3 is 2.73 bits per heavy atom. The average Bonchev–Trinajstić information content (AvgIpc) is 2.96. The summed E-state index contributed by atoms with van der Waals surface area (Å²) in [6.07, 6.45) is 1.34. The molecule has 1 aromatic rings. The third-order valence-corrected chi connectivity index (χ3v) is 4.30. The lowest BCUT2D eigenvalue weighted by Crippen LogP contribution is -2.44. The van der Waals surface area contributed by atoms with Crippen molar-refractivity contribution in [3.63, 3.8) is 0 Å². The van der Waals surface area contributed by atoms with Gasteiger partial charge < -0.3 is 20.7 Å². The van der Waals surface area contributed by atoms with Crippen LogP contribution in [0.5, 0.6) is 0 Å². The van der Waals surface area contributed by atoms with Crippen LogP contribution < -0.4 is 11.1 Å². The number of piperidine rings is 1. The molecule has 0 aliphatic carbocycles. The molecule has 8 nitrogen and oxygen atoms in total. The second kappa shape index (κ2) is 8.04. The fraction of sp³-hybridized carbons (Fsp3) is 0.692. The number of nitrogens with two attached hydrogens (primary N) is 1. The van der Waals surface area contributed by atoms with E-state index in [2.05, 4.69) is 15.5 Å². The van der Waals surface area contributed by atoms with Gasteiger partial charge in [-0.3, -0.25) is 9.59 Å². The van der Waals surface area contributed by atoms with Gasteiger partial charge in [-0.25, -0.2) is 0 Å². The van der Waals surface area contributed by atoms with Crippen LogP contribution in [0.2, 0.25) is 0 Å². The average molecular weight is 327 g/mol.